The summed E-state index contributed by atoms with van der Waals surface area (Å²) in [6.45, 7) is 0. The lowest BCUT2D eigenvalue weighted by Crippen LogP contribution is -2.09. The zero-order valence-electron chi connectivity index (χ0n) is 26.5. The highest BCUT2D eigenvalue weighted by atomic mass is 16.5. The van der Waals surface area contributed by atoms with Gasteiger partial charge in [-0.25, -0.2) is 0 Å². The van der Waals surface area contributed by atoms with E-state index in [-0.39, 0.29) is 0 Å². The van der Waals surface area contributed by atoms with E-state index in [9.17, 15) is 0 Å². The summed E-state index contributed by atoms with van der Waals surface area (Å²) in [4.78, 5) is 2.30. The van der Waals surface area contributed by atoms with Gasteiger partial charge < -0.3 is 14.1 Å². The Morgan fingerprint density at radius 1 is 0.347 bits per heavy atom. The standard InChI is InChI=1S/C46H29NO2/c1-2-9-30(10-3-1)31-17-21-33(22-18-31)47(35-25-26-39-37-11-4-6-15-42(37)49-45(39)29-35)34-23-19-32(20-24-34)36-27-28-44-46-40(36)13-8-14-41(46)38-12-5-7-16-43(38)48-44/h1-29H. The molecule has 3 heteroatoms. The predicted octanol–water partition coefficient (Wildman–Crippen LogP) is 13.3. The predicted molar refractivity (Wildman–Crippen MR) is 202 cm³/mol. The van der Waals surface area contributed by atoms with Crippen molar-refractivity contribution in [3.8, 4) is 44.9 Å². The van der Waals surface area contributed by atoms with Gasteiger partial charge in [0.1, 0.15) is 22.7 Å². The summed E-state index contributed by atoms with van der Waals surface area (Å²) in [5.41, 5.74) is 12.0. The molecule has 3 nitrogen and oxygen atoms in total. The summed E-state index contributed by atoms with van der Waals surface area (Å²) >= 11 is 0. The summed E-state index contributed by atoms with van der Waals surface area (Å²) < 4.78 is 12.7. The molecule has 49 heavy (non-hydrogen) atoms. The Hall–Kier alpha value is -6.58. The average Bonchev–Trinajstić information content (AvgIpc) is 3.54. The topological polar surface area (TPSA) is 25.6 Å². The molecule has 0 bridgehead atoms. The smallest absolute Gasteiger partial charge is 0.137 e. The van der Waals surface area contributed by atoms with Gasteiger partial charge in [-0.2, -0.15) is 0 Å². The lowest BCUT2D eigenvalue weighted by molar-refractivity contribution is 0.487. The van der Waals surface area contributed by atoms with Gasteiger partial charge in [0.2, 0.25) is 0 Å². The summed E-state index contributed by atoms with van der Waals surface area (Å²) in [7, 11) is 0. The molecule has 0 saturated heterocycles. The molecule has 0 radical (unpaired) electrons. The molecule has 0 saturated carbocycles. The van der Waals surface area contributed by atoms with Crippen molar-refractivity contribution in [2.75, 3.05) is 4.90 Å². The molecule has 0 spiro atoms. The first-order chi connectivity index (χ1) is 24.3. The van der Waals surface area contributed by atoms with E-state index in [1.165, 1.54) is 27.6 Å². The maximum atomic E-state index is 6.36. The quantitative estimate of drug-likeness (QED) is 0.190. The molecule has 8 aromatic carbocycles. The molecule has 1 aliphatic rings. The van der Waals surface area contributed by atoms with Crippen LogP contribution >= 0.6 is 0 Å². The number of furan rings is 1. The van der Waals surface area contributed by atoms with Gasteiger partial charge in [0.15, 0.2) is 0 Å². The molecule has 0 atom stereocenters. The Morgan fingerprint density at radius 2 is 0.980 bits per heavy atom. The monoisotopic (exact) mass is 627 g/mol. The number of hydrogen-bond acceptors (Lipinski definition) is 3. The van der Waals surface area contributed by atoms with Crippen LogP contribution < -0.4 is 9.64 Å². The minimum absolute atomic E-state index is 0.869. The van der Waals surface area contributed by atoms with Crippen molar-refractivity contribution in [1.29, 1.82) is 0 Å². The third kappa shape index (κ3) is 4.51. The number of benzene rings is 8. The molecule has 0 N–H and O–H groups in total. The molecular weight excluding hydrogens is 599 g/mol. The van der Waals surface area contributed by atoms with Gasteiger partial charge in [0.05, 0.1) is 0 Å². The fourth-order valence-corrected chi connectivity index (χ4v) is 7.36. The SMILES string of the molecule is c1ccc(-c2ccc(N(c3ccc(-c4ccc5c6c(cccc46)-c4ccccc4O5)cc3)c3ccc4c(c3)oc3ccccc34)cc2)cc1. The zero-order valence-corrected chi connectivity index (χ0v) is 26.5. The van der Waals surface area contributed by atoms with Gasteiger partial charge in [0.25, 0.3) is 0 Å². The summed E-state index contributed by atoms with van der Waals surface area (Å²) in [6, 6.07) is 62.0. The van der Waals surface area contributed by atoms with Crippen molar-refractivity contribution < 1.29 is 9.15 Å². The van der Waals surface area contributed by atoms with Crippen molar-refractivity contribution in [2.45, 2.75) is 0 Å². The number of fused-ring (bicyclic) bond motifs is 5. The van der Waals surface area contributed by atoms with Crippen LogP contribution in [0.15, 0.2) is 180 Å². The van der Waals surface area contributed by atoms with Gasteiger partial charge in [-0.05, 0) is 87.8 Å². The van der Waals surface area contributed by atoms with Crippen molar-refractivity contribution in [2.24, 2.45) is 0 Å². The van der Waals surface area contributed by atoms with E-state index in [1.54, 1.807) is 0 Å². The van der Waals surface area contributed by atoms with Crippen LogP contribution in [0.4, 0.5) is 17.1 Å². The number of hydrogen-bond donors (Lipinski definition) is 0. The first kappa shape index (κ1) is 27.5. The zero-order chi connectivity index (χ0) is 32.3. The molecule has 230 valence electrons. The van der Waals surface area contributed by atoms with E-state index in [1.807, 2.05) is 24.3 Å². The van der Waals surface area contributed by atoms with E-state index in [4.69, 9.17) is 9.15 Å². The van der Waals surface area contributed by atoms with E-state index >= 15 is 0 Å². The Kier molecular flexibility index (Phi) is 6.18. The summed E-state index contributed by atoms with van der Waals surface area (Å²) in [6.07, 6.45) is 0. The minimum atomic E-state index is 0.869. The number of rotatable bonds is 5. The van der Waals surface area contributed by atoms with E-state index in [2.05, 4.69) is 157 Å². The van der Waals surface area contributed by atoms with Crippen molar-refractivity contribution in [3.05, 3.63) is 176 Å². The second-order valence-corrected chi connectivity index (χ2v) is 12.5. The Morgan fingerprint density at radius 3 is 1.82 bits per heavy atom. The minimum Gasteiger partial charge on any atom is -0.456 e. The van der Waals surface area contributed by atoms with Crippen molar-refractivity contribution >= 4 is 49.8 Å². The average molecular weight is 628 g/mol. The normalized spacial score (nSPS) is 11.8. The first-order valence-corrected chi connectivity index (χ1v) is 16.6. The summed E-state index contributed by atoms with van der Waals surface area (Å²) in [5, 5.41) is 4.58. The molecule has 9 aromatic rings. The van der Waals surface area contributed by atoms with Gasteiger partial charge >= 0.3 is 0 Å². The number of nitrogens with zero attached hydrogens (tertiary/aromatic N) is 1. The Balaban J connectivity index is 1.08. The lowest BCUT2D eigenvalue weighted by atomic mass is 9.90. The molecular formula is C46H29NO2. The molecule has 0 amide bonds. The largest absolute Gasteiger partial charge is 0.456 e. The van der Waals surface area contributed by atoms with Crippen LogP contribution in [0.3, 0.4) is 0 Å². The fourth-order valence-electron chi connectivity index (χ4n) is 7.36. The van der Waals surface area contributed by atoms with Crippen molar-refractivity contribution in [1.82, 2.24) is 0 Å². The molecule has 10 rings (SSSR count). The molecule has 1 aromatic heterocycles. The highest BCUT2D eigenvalue weighted by Gasteiger charge is 2.22. The molecule has 0 unspecified atom stereocenters. The maximum Gasteiger partial charge on any atom is 0.137 e. The highest BCUT2D eigenvalue weighted by Crippen LogP contribution is 2.48. The van der Waals surface area contributed by atoms with Crippen LogP contribution in [-0.4, -0.2) is 0 Å². The number of ether oxygens (including phenoxy) is 1. The number of anilines is 3. The van der Waals surface area contributed by atoms with Crippen LogP contribution in [0.25, 0.3) is 66.1 Å². The fraction of sp³-hybridized carbons (Fsp3) is 0. The van der Waals surface area contributed by atoms with Gasteiger partial charge in [-0.15, -0.1) is 0 Å². The van der Waals surface area contributed by atoms with Gasteiger partial charge in [-0.3, -0.25) is 0 Å². The second kappa shape index (κ2) is 11.0. The first-order valence-electron chi connectivity index (χ1n) is 16.6. The second-order valence-electron chi connectivity index (χ2n) is 12.5. The highest BCUT2D eigenvalue weighted by molar-refractivity contribution is 6.10. The third-order valence-electron chi connectivity index (χ3n) is 9.69. The molecule has 1 aliphatic heterocycles. The van der Waals surface area contributed by atoms with Crippen molar-refractivity contribution in [3.63, 3.8) is 0 Å². The van der Waals surface area contributed by atoms with E-state index < -0.39 is 0 Å². The molecule has 0 aliphatic carbocycles. The van der Waals surface area contributed by atoms with Crippen LogP contribution in [-0.2, 0) is 0 Å². The van der Waals surface area contributed by atoms with E-state index in [0.29, 0.717) is 0 Å². The third-order valence-corrected chi connectivity index (χ3v) is 9.69. The Bertz CT molecular complexity index is 2670. The molecule has 0 fully saturated rings. The summed E-state index contributed by atoms with van der Waals surface area (Å²) in [5.74, 6) is 1.80. The van der Waals surface area contributed by atoms with Crippen LogP contribution in [0.1, 0.15) is 0 Å². The van der Waals surface area contributed by atoms with Gasteiger partial charge in [0, 0.05) is 44.9 Å². The van der Waals surface area contributed by atoms with E-state index in [0.717, 1.165) is 67.0 Å². The van der Waals surface area contributed by atoms with Crippen LogP contribution in [0.2, 0.25) is 0 Å². The van der Waals surface area contributed by atoms with Crippen LogP contribution in [0, 0.1) is 0 Å². The molecule has 2 heterocycles. The van der Waals surface area contributed by atoms with Crippen LogP contribution in [0.5, 0.6) is 11.5 Å². The van der Waals surface area contributed by atoms with Gasteiger partial charge in [-0.1, -0.05) is 115 Å². The number of para-hydroxylation sites is 2. The lowest BCUT2D eigenvalue weighted by Gasteiger charge is -2.26. The Labute approximate surface area is 283 Å². The maximum absolute atomic E-state index is 6.36.